The molecular weight excluding hydrogens is 150 g/mol. The SMILES string of the molecule is C[C@@H]1CC(NCCO)C[C@@H](C)C1. The molecule has 0 aromatic carbocycles. The third kappa shape index (κ3) is 3.11. The van der Waals surface area contributed by atoms with Crippen LogP contribution < -0.4 is 5.32 Å². The van der Waals surface area contributed by atoms with Crippen molar-refractivity contribution in [2.45, 2.75) is 39.2 Å². The number of nitrogens with one attached hydrogen (secondary N) is 1. The molecular formula is C10H21NO. The molecule has 0 unspecified atom stereocenters. The molecule has 0 bridgehead atoms. The summed E-state index contributed by atoms with van der Waals surface area (Å²) < 4.78 is 0. The summed E-state index contributed by atoms with van der Waals surface area (Å²) in [5, 5.41) is 12.0. The summed E-state index contributed by atoms with van der Waals surface area (Å²) >= 11 is 0. The van der Waals surface area contributed by atoms with Crippen molar-refractivity contribution in [2.24, 2.45) is 11.8 Å². The molecule has 12 heavy (non-hydrogen) atoms. The van der Waals surface area contributed by atoms with Gasteiger partial charge < -0.3 is 10.4 Å². The van der Waals surface area contributed by atoms with Crippen LogP contribution in [0, 0.1) is 11.8 Å². The summed E-state index contributed by atoms with van der Waals surface area (Å²) in [6.07, 6.45) is 3.94. The van der Waals surface area contributed by atoms with E-state index in [1.807, 2.05) is 0 Å². The van der Waals surface area contributed by atoms with Gasteiger partial charge in [0.1, 0.15) is 0 Å². The molecule has 0 amide bonds. The maximum atomic E-state index is 8.67. The maximum Gasteiger partial charge on any atom is 0.0556 e. The van der Waals surface area contributed by atoms with Gasteiger partial charge in [-0.25, -0.2) is 0 Å². The van der Waals surface area contributed by atoms with Crippen LogP contribution in [-0.4, -0.2) is 24.3 Å². The maximum absolute atomic E-state index is 8.67. The van der Waals surface area contributed by atoms with Crippen LogP contribution in [0.5, 0.6) is 0 Å². The van der Waals surface area contributed by atoms with Crippen LogP contribution in [0.4, 0.5) is 0 Å². The third-order valence-electron chi connectivity index (χ3n) is 2.72. The molecule has 1 fully saturated rings. The number of aliphatic hydroxyl groups is 1. The topological polar surface area (TPSA) is 32.3 Å². The van der Waals surface area contributed by atoms with Gasteiger partial charge in [-0.05, 0) is 31.1 Å². The normalized spacial score (nSPS) is 36.8. The van der Waals surface area contributed by atoms with E-state index in [2.05, 4.69) is 19.2 Å². The molecule has 0 spiro atoms. The second kappa shape index (κ2) is 4.83. The number of hydrogen-bond acceptors (Lipinski definition) is 2. The number of hydrogen-bond donors (Lipinski definition) is 2. The zero-order valence-electron chi connectivity index (χ0n) is 8.21. The van der Waals surface area contributed by atoms with Gasteiger partial charge in [0.25, 0.3) is 0 Å². The molecule has 1 saturated carbocycles. The summed E-state index contributed by atoms with van der Waals surface area (Å²) in [6.45, 7) is 5.66. The first-order chi connectivity index (χ1) is 5.72. The van der Waals surface area contributed by atoms with E-state index in [1.165, 1.54) is 19.3 Å². The summed E-state index contributed by atoms with van der Waals surface area (Å²) in [5.41, 5.74) is 0. The molecule has 1 rings (SSSR count). The third-order valence-corrected chi connectivity index (χ3v) is 2.72. The van der Waals surface area contributed by atoms with Crippen molar-refractivity contribution in [3.05, 3.63) is 0 Å². The minimum Gasteiger partial charge on any atom is -0.395 e. The van der Waals surface area contributed by atoms with Crippen LogP contribution in [0.3, 0.4) is 0 Å². The van der Waals surface area contributed by atoms with E-state index < -0.39 is 0 Å². The predicted molar refractivity (Wildman–Crippen MR) is 51.1 cm³/mol. The fraction of sp³-hybridized carbons (Fsp3) is 1.00. The Labute approximate surface area is 75.4 Å². The Morgan fingerprint density at radius 3 is 2.25 bits per heavy atom. The molecule has 0 aromatic heterocycles. The highest BCUT2D eigenvalue weighted by atomic mass is 16.3. The molecule has 0 heterocycles. The molecule has 2 nitrogen and oxygen atoms in total. The summed E-state index contributed by atoms with van der Waals surface area (Å²) in [4.78, 5) is 0. The van der Waals surface area contributed by atoms with Crippen molar-refractivity contribution in [2.75, 3.05) is 13.2 Å². The van der Waals surface area contributed by atoms with Crippen molar-refractivity contribution in [1.82, 2.24) is 5.32 Å². The van der Waals surface area contributed by atoms with Crippen LogP contribution in [0.1, 0.15) is 33.1 Å². The largest absolute Gasteiger partial charge is 0.395 e. The molecule has 0 saturated heterocycles. The lowest BCUT2D eigenvalue weighted by molar-refractivity contribution is 0.220. The Morgan fingerprint density at radius 2 is 1.75 bits per heavy atom. The minimum absolute atomic E-state index is 0.263. The Morgan fingerprint density at radius 1 is 1.17 bits per heavy atom. The van der Waals surface area contributed by atoms with Gasteiger partial charge in [-0.2, -0.15) is 0 Å². The Balaban J connectivity index is 2.24. The minimum atomic E-state index is 0.263. The van der Waals surface area contributed by atoms with Crippen molar-refractivity contribution >= 4 is 0 Å². The first kappa shape index (κ1) is 10.0. The lowest BCUT2D eigenvalue weighted by Gasteiger charge is -2.31. The highest BCUT2D eigenvalue weighted by Crippen LogP contribution is 2.28. The second-order valence-corrected chi connectivity index (χ2v) is 4.29. The van der Waals surface area contributed by atoms with Gasteiger partial charge >= 0.3 is 0 Å². The van der Waals surface area contributed by atoms with Crippen LogP contribution in [0.15, 0.2) is 0 Å². The van der Waals surface area contributed by atoms with E-state index in [-0.39, 0.29) is 6.61 Å². The summed E-state index contributed by atoms with van der Waals surface area (Å²) in [6, 6.07) is 0.649. The van der Waals surface area contributed by atoms with Gasteiger partial charge in [-0.1, -0.05) is 13.8 Å². The number of aliphatic hydroxyl groups excluding tert-OH is 1. The molecule has 0 radical (unpaired) electrons. The average Bonchev–Trinajstić information content (AvgIpc) is 1.99. The van der Waals surface area contributed by atoms with Gasteiger partial charge in [0.15, 0.2) is 0 Å². The predicted octanol–water partition coefficient (Wildman–Crippen LogP) is 1.39. The summed E-state index contributed by atoms with van der Waals surface area (Å²) in [5.74, 6) is 1.70. The van der Waals surface area contributed by atoms with Crippen molar-refractivity contribution in [3.63, 3.8) is 0 Å². The van der Waals surface area contributed by atoms with Crippen molar-refractivity contribution < 1.29 is 5.11 Å². The zero-order chi connectivity index (χ0) is 8.97. The standard InChI is InChI=1S/C10H21NO/c1-8-5-9(2)7-10(6-8)11-3-4-12/h8-12H,3-7H2,1-2H3/t8-,9-/m0/s1. The molecule has 2 heteroatoms. The highest BCUT2D eigenvalue weighted by molar-refractivity contribution is 4.79. The fourth-order valence-electron chi connectivity index (χ4n) is 2.38. The Bertz CT molecular complexity index is 117. The monoisotopic (exact) mass is 171 g/mol. The first-order valence-electron chi connectivity index (χ1n) is 5.06. The molecule has 2 atom stereocenters. The highest BCUT2D eigenvalue weighted by Gasteiger charge is 2.22. The molecule has 2 N–H and O–H groups in total. The van der Waals surface area contributed by atoms with Crippen LogP contribution >= 0.6 is 0 Å². The first-order valence-corrected chi connectivity index (χ1v) is 5.06. The molecule has 1 aliphatic carbocycles. The van der Waals surface area contributed by atoms with Crippen molar-refractivity contribution in [3.8, 4) is 0 Å². The lowest BCUT2D eigenvalue weighted by Crippen LogP contribution is -2.37. The van der Waals surface area contributed by atoms with Gasteiger partial charge in [-0.15, -0.1) is 0 Å². The van der Waals surface area contributed by atoms with Crippen LogP contribution in [0.25, 0.3) is 0 Å². The van der Waals surface area contributed by atoms with Crippen LogP contribution in [0.2, 0.25) is 0 Å². The Kier molecular flexibility index (Phi) is 4.02. The van der Waals surface area contributed by atoms with Gasteiger partial charge in [0.2, 0.25) is 0 Å². The quantitative estimate of drug-likeness (QED) is 0.672. The van der Waals surface area contributed by atoms with E-state index in [9.17, 15) is 0 Å². The van der Waals surface area contributed by atoms with E-state index in [4.69, 9.17) is 5.11 Å². The smallest absolute Gasteiger partial charge is 0.0556 e. The van der Waals surface area contributed by atoms with Gasteiger partial charge in [-0.3, -0.25) is 0 Å². The van der Waals surface area contributed by atoms with E-state index in [0.717, 1.165) is 18.4 Å². The van der Waals surface area contributed by atoms with Gasteiger partial charge in [0.05, 0.1) is 6.61 Å². The summed E-state index contributed by atoms with van der Waals surface area (Å²) in [7, 11) is 0. The lowest BCUT2D eigenvalue weighted by atomic mass is 9.80. The molecule has 72 valence electrons. The number of rotatable bonds is 3. The van der Waals surface area contributed by atoms with E-state index >= 15 is 0 Å². The zero-order valence-corrected chi connectivity index (χ0v) is 8.21. The van der Waals surface area contributed by atoms with Gasteiger partial charge in [0, 0.05) is 12.6 Å². The van der Waals surface area contributed by atoms with E-state index in [1.54, 1.807) is 0 Å². The Hall–Kier alpha value is -0.0800. The second-order valence-electron chi connectivity index (χ2n) is 4.29. The van der Waals surface area contributed by atoms with Crippen LogP contribution in [-0.2, 0) is 0 Å². The fourth-order valence-corrected chi connectivity index (χ4v) is 2.38. The molecule has 0 aromatic rings. The molecule has 1 aliphatic rings. The molecule has 0 aliphatic heterocycles. The average molecular weight is 171 g/mol. The van der Waals surface area contributed by atoms with E-state index in [0.29, 0.717) is 6.04 Å². The van der Waals surface area contributed by atoms with Crippen molar-refractivity contribution in [1.29, 1.82) is 0 Å².